The normalized spacial score (nSPS) is 11.1. The average Bonchev–Trinajstić information content (AvgIpc) is 2.60. The Balaban J connectivity index is 1.96. The van der Waals surface area contributed by atoms with Gasteiger partial charge in [0.1, 0.15) is 5.75 Å². The minimum Gasteiger partial charge on any atom is -0.483 e. The van der Waals surface area contributed by atoms with Crippen LogP contribution in [0, 0.1) is 24.0 Å². The number of nitrogens with one attached hydrogen (secondary N) is 1. The fourth-order valence-electron chi connectivity index (χ4n) is 2.09. The van der Waals surface area contributed by atoms with Crippen LogP contribution in [0.25, 0.3) is 0 Å². The van der Waals surface area contributed by atoms with Crippen molar-refractivity contribution in [3.8, 4) is 5.75 Å². The maximum absolute atomic E-state index is 11.9. The van der Waals surface area contributed by atoms with Crippen molar-refractivity contribution < 1.29 is 14.5 Å². The molecule has 25 heavy (non-hydrogen) atoms. The van der Waals surface area contributed by atoms with Crippen LogP contribution in [0.1, 0.15) is 23.6 Å². The molecular weight excluding hydrogens is 322 g/mol. The number of amides is 1. The topological polar surface area (TPSA) is 93.8 Å². The summed E-state index contributed by atoms with van der Waals surface area (Å²) in [5.74, 6) is 0.236. The van der Waals surface area contributed by atoms with Gasteiger partial charge in [0.25, 0.3) is 11.6 Å². The molecule has 2 rings (SSSR count). The van der Waals surface area contributed by atoms with Crippen LogP contribution in [0.4, 0.5) is 5.69 Å². The first kappa shape index (κ1) is 18.1. The number of rotatable bonds is 6. The molecule has 0 aliphatic rings. The molecule has 1 amide bonds. The van der Waals surface area contributed by atoms with E-state index in [4.69, 9.17) is 4.74 Å². The smallest absolute Gasteiger partial charge is 0.277 e. The molecule has 7 heteroatoms. The molecule has 2 aromatic carbocycles. The van der Waals surface area contributed by atoms with Gasteiger partial charge >= 0.3 is 0 Å². The van der Waals surface area contributed by atoms with Crippen LogP contribution in [-0.4, -0.2) is 23.1 Å². The third-order valence-electron chi connectivity index (χ3n) is 3.53. The quantitative estimate of drug-likeness (QED) is 0.496. The number of nitro benzene ring substituents is 1. The lowest BCUT2D eigenvalue weighted by Crippen LogP contribution is -2.25. The number of nitrogens with zero attached hydrogens (tertiary/aromatic N) is 2. The van der Waals surface area contributed by atoms with Crippen molar-refractivity contribution in [2.24, 2.45) is 5.10 Å². The van der Waals surface area contributed by atoms with E-state index in [1.165, 1.54) is 12.1 Å². The molecule has 0 aliphatic carbocycles. The SMILES string of the molecule is CC(=NNC(=O)COc1cc(C)ccc1C)c1cccc([N+](=O)[O-])c1. The maximum Gasteiger partial charge on any atom is 0.277 e. The predicted octanol–water partition coefficient (Wildman–Crippen LogP) is 3.13. The summed E-state index contributed by atoms with van der Waals surface area (Å²) in [5, 5.41) is 14.8. The van der Waals surface area contributed by atoms with E-state index in [0.717, 1.165) is 11.1 Å². The number of carbonyl (C=O) groups excluding carboxylic acids is 1. The number of carbonyl (C=O) groups is 1. The van der Waals surface area contributed by atoms with Crippen molar-refractivity contribution in [2.75, 3.05) is 6.61 Å². The first-order chi connectivity index (χ1) is 11.9. The van der Waals surface area contributed by atoms with E-state index in [-0.39, 0.29) is 12.3 Å². The van der Waals surface area contributed by atoms with E-state index in [9.17, 15) is 14.9 Å². The van der Waals surface area contributed by atoms with Crippen LogP contribution in [-0.2, 0) is 4.79 Å². The average molecular weight is 341 g/mol. The van der Waals surface area contributed by atoms with Gasteiger partial charge in [-0.15, -0.1) is 0 Å². The molecule has 7 nitrogen and oxygen atoms in total. The molecule has 0 atom stereocenters. The predicted molar refractivity (Wildman–Crippen MR) is 94.9 cm³/mol. The molecule has 0 unspecified atom stereocenters. The van der Waals surface area contributed by atoms with Crippen LogP contribution < -0.4 is 10.2 Å². The molecule has 0 fully saturated rings. The lowest BCUT2D eigenvalue weighted by molar-refractivity contribution is -0.384. The molecule has 0 saturated carbocycles. The van der Waals surface area contributed by atoms with Crippen LogP contribution in [0.5, 0.6) is 5.75 Å². The Bertz CT molecular complexity index is 831. The summed E-state index contributed by atoms with van der Waals surface area (Å²) < 4.78 is 5.50. The van der Waals surface area contributed by atoms with Gasteiger partial charge in [0.15, 0.2) is 6.61 Å². The number of benzene rings is 2. The highest BCUT2D eigenvalue weighted by Gasteiger charge is 2.08. The summed E-state index contributed by atoms with van der Waals surface area (Å²) in [6.45, 7) is 5.33. The summed E-state index contributed by atoms with van der Waals surface area (Å²) in [7, 11) is 0. The fourth-order valence-corrected chi connectivity index (χ4v) is 2.09. The highest BCUT2D eigenvalue weighted by molar-refractivity contribution is 5.99. The lowest BCUT2D eigenvalue weighted by atomic mass is 10.1. The van der Waals surface area contributed by atoms with Gasteiger partial charge in [-0.05, 0) is 38.0 Å². The van der Waals surface area contributed by atoms with E-state index >= 15 is 0 Å². The number of hydrogen-bond acceptors (Lipinski definition) is 5. The zero-order valence-corrected chi connectivity index (χ0v) is 14.3. The van der Waals surface area contributed by atoms with Crippen molar-refractivity contribution in [3.63, 3.8) is 0 Å². The van der Waals surface area contributed by atoms with E-state index < -0.39 is 10.8 Å². The second kappa shape index (κ2) is 8.05. The molecule has 0 radical (unpaired) electrons. The first-order valence-electron chi connectivity index (χ1n) is 7.65. The fraction of sp³-hybridized carbons (Fsp3) is 0.222. The van der Waals surface area contributed by atoms with Crippen LogP contribution in [0.15, 0.2) is 47.6 Å². The number of ether oxygens (including phenoxy) is 1. The Labute approximate surface area is 145 Å². The summed E-state index contributed by atoms with van der Waals surface area (Å²) >= 11 is 0. The Kier molecular flexibility index (Phi) is 5.84. The van der Waals surface area contributed by atoms with E-state index in [0.29, 0.717) is 17.0 Å². The molecule has 2 aromatic rings. The van der Waals surface area contributed by atoms with Gasteiger partial charge in [-0.2, -0.15) is 5.10 Å². The molecule has 1 N–H and O–H groups in total. The molecule has 0 aliphatic heterocycles. The third kappa shape index (κ3) is 5.13. The van der Waals surface area contributed by atoms with Crippen molar-refractivity contribution in [3.05, 3.63) is 69.3 Å². The summed E-state index contributed by atoms with van der Waals surface area (Å²) in [4.78, 5) is 22.2. The van der Waals surface area contributed by atoms with Gasteiger partial charge in [0.05, 0.1) is 10.6 Å². The summed E-state index contributed by atoms with van der Waals surface area (Å²) in [5.41, 5.74) is 5.36. The highest BCUT2D eigenvalue weighted by Crippen LogP contribution is 2.18. The minimum atomic E-state index is -0.479. The standard InChI is InChI=1S/C18H19N3O4/c1-12-7-8-13(2)17(9-12)25-11-18(22)20-19-14(3)15-5-4-6-16(10-15)21(23)24/h4-10H,11H2,1-3H3,(H,20,22). The van der Waals surface area contributed by atoms with Gasteiger partial charge in [0.2, 0.25) is 0 Å². The largest absolute Gasteiger partial charge is 0.483 e. The zero-order chi connectivity index (χ0) is 18.4. The summed E-state index contributed by atoms with van der Waals surface area (Å²) in [6.07, 6.45) is 0. The highest BCUT2D eigenvalue weighted by atomic mass is 16.6. The van der Waals surface area contributed by atoms with Crippen molar-refractivity contribution in [1.29, 1.82) is 0 Å². The molecule has 0 heterocycles. The number of nitro groups is 1. The van der Waals surface area contributed by atoms with Crippen molar-refractivity contribution in [1.82, 2.24) is 5.43 Å². The molecule has 0 aromatic heterocycles. The second-order valence-electron chi connectivity index (χ2n) is 5.60. The van der Waals surface area contributed by atoms with Gasteiger partial charge < -0.3 is 4.74 Å². The molecular formula is C18H19N3O4. The molecule has 130 valence electrons. The molecule has 0 saturated heterocycles. The van der Waals surface area contributed by atoms with Crippen LogP contribution >= 0.6 is 0 Å². The number of hydrogen-bond donors (Lipinski definition) is 1. The molecule has 0 bridgehead atoms. The monoisotopic (exact) mass is 341 g/mol. The van der Waals surface area contributed by atoms with Gasteiger partial charge in [-0.3, -0.25) is 14.9 Å². The number of hydrazone groups is 1. The second-order valence-corrected chi connectivity index (χ2v) is 5.60. The van der Waals surface area contributed by atoms with E-state index in [1.54, 1.807) is 19.1 Å². The third-order valence-corrected chi connectivity index (χ3v) is 3.53. The number of non-ortho nitro benzene ring substituents is 1. The van der Waals surface area contributed by atoms with Gasteiger partial charge in [-0.1, -0.05) is 24.3 Å². The van der Waals surface area contributed by atoms with Crippen molar-refractivity contribution >= 4 is 17.3 Å². The van der Waals surface area contributed by atoms with Gasteiger partial charge in [0, 0.05) is 17.7 Å². The Morgan fingerprint density at radius 3 is 2.72 bits per heavy atom. The lowest BCUT2D eigenvalue weighted by Gasteiger charge is -2.09. The van der Waals surface area contributed by atoms with Gasteiger partial charge in [-0.25, -0.2) is 5.43 Å². The number of aryl methyl sites for hydroxylation is 2. The Morgan fingerprint density at radius 2 is 2.00 bits per heavy atom. The van der Waals surface area contributed by atoms with E-state index in [1.807, 2.05) is 32.0 Å². The minimum absolute atomic E-state index is 0.0309. The van der Waals surface area contributed by atoms with Crippen LogP contribution in [0.2, 0.25) is 0 Å². The van der Waals surface area contributed by atoms with E-state index in [2.05, 4.69) is 10.5 Å². The Morgan fingerprint density at radius 1 is 1.24 bits per heavy atom. The van der Waals surface area contributed by atoms with Crippen LogP contribution in [0.3, 0.4) is 0 Å². The molecule has 0 spiro atoms. The zero-order valence-electron chi connectivity index (χ0n) is 14.3. The Hall–Kier alpha value is -3.22. The first-order valence-corrected chi connectivity index (χ1v) is 7.65. The summed E-state index contributed by atoms with van der Waals surface area (Å²) in [6, 6.07) is 11.8. The maximum atomic E-state index is 11.9. The van der Waals surface area contributed by atoms with Crippen molar-refractivity contribution in [2.45, 2.75) is 20.8 Å².